The molecule has 1 aromatic carbocycles. The summed E-state index contributed by atoms with van der Waals surface area (Å²) >= 11 is 1.78. The van der Waals surface area contributed by atoms with Gasteiger partial charge < -0.3 is 5.32 Å². The van der Waals surface area contributed by atoms with Gasteiger partial charge in [-0.05, 0) is 49.7 Å². The van der Waals surface area contributed by atoms with E-state index in [0.717, 1.165) is 30.7 Å². The number of nitrogens with one attached hydrogen (secondary N) is 1. The topological polar surface area (TPSA) is 42.0 Å². The minimum absolute atomic E-state index is 0.0192. The standard InChI is InChI=1S/C18H20N2OS/c21-18(14-10-9-12-5-1-2-6-13(12)14)19-11-17-20-15-7-3-4-8-16(15)22-17/h1-2,5-6,14H,3-4,7-11H2,(H,19,21). The van der Waals surface area contributed by atoms with Crippen LogP contribution in [0, 0.1) is 0 Å². The second-order valence-electron chi connectivity index (χ2n) is 6.19. The van der Waals surface area contributed by atoms with E-state index in [9.17, 15) is 4.79 Å². The molecule has 1 heterocycles. The molecule has 0 bridgehead atoms. The van der Waals surface area contributed by atoms with E-state index >= 15 is 0 Å². The van der Waals surface area contributed by atoms with Gasteiger partial charge in [0.05, 0.1) is 18.2 Å². The first-order valence-corrected chi connectivity index (χ1v) is 8.96. The summed E-state index contributed by atoms with van der Waals surface area (Å²) in [6.45, 7) is 0.579. The quantitative estimate of drug-likeness (QED) is 0.944. The molecule has 1 atom stereocenters. The maximum atomic E-state index is 12.5. The zero-order valence-electron chi connectivity index (χ0n) is 12.6. The van der Waals surface area contributed by atoms with Gasteiger partial charge in [0, 0.05) is 4.88 Å². The van der Waals surface area contributed by atoms with Crippen LogP contribution in [0.1, 0.15) is 51.9 Å². The van der Waals surface area contributed by atoms with Crippen LogP contribution in [0.3, 0.4) is 0 Å². The first kappa shape index (κ1) is 13.9. The van der Waals surface area contributed by atoms with E-state index in [1.54, 1.807) is 11.3 Å². The molecule has 4 rings (SSSR count). The van der Waals surface area contributed by atoms with Crippen LogP contribution in [-0.2, 0) is 30.6 Å². The summed E-state index contributed by atoms with van der Waals surface area (Å²) in [4.78, 5) is 18.6. The maximum absolute atomic E-state index is 12.5. The zero-order chi connectivity index (χ0) is 14.9. The van der Waals surface area contributed by atoms with Crippen molar-refractivity contribution in [3.8, 4) is 0 Å². The van der Waals surface area contributed by atoms with Gasteiger partial charge in [0.15, 0.2) is 0 Å². The third-order valence-electron chi connectivity index (χ3n) is 4.75. The van der Waals surface area contributed by atoms with E-state index < -0.39 is 0 Å². The number of hydrogen-bond donors (Lipinski definition) is 1. The number of benzene rings is 1. The van der Waals surface area contributed by atoms with Gasteiger partial charge in [0.1, 0.15) is 5.01 Å². The van der Waals surface area contributed by atoms with Crippen molar-refractivity contribution >= 4 is 17.2 Å². The van der Waals surface area contributed by atoms with Gasteiger partial charge in [0.2, 0.25) is 5.91 Å². The number of carbonyl (C=O) groups is 1. The van der Waals surface area contributed by atoms with Crippen LogP contribution in [0.25, 0.3) is 0 Å². The Morgan fingerprint density at radius 1 is 1.23 bits per heavy atom. The molecule has 2 aromatic rings. The SMILES string of the molecule is O=C(NCc1nc2c(s1)CCCC2)C1CCc2ccccc21. The molecule has 0 saturated heterocycles. The van der Waals surface area contributed by atoms with Crippen molar-refractivity contribution in [3.05, 3.63) is 51.0 Å². The predicted octanol–water partition coefficient (Wildman–Crippen LogP) is 3.37. The van der Waals surface area contributed by atoms with Crippen molar-refractivity contribution in [2.24, 2.45) is 0 Å². The molecule has 0 saturated carbocycles. The van der Waals surface area contributed by atoms with E-state index in [0.29, 0.717) is 6.54 Å². The number of carbonyl (C=O) groups excluding carboxylic acids is 1. The molecule has 4 heteroatoms. The van der Waals surface area contributed by atoms with Crippen molar-refractivity contribution in [1.29, 1.82) is 0 Å². The maximum Gasteiger partial charge on any atom is 0.227 e. The molecule has 1 aromatic heterocycles. The third kappa shape index (κ3) is 2.56. The highest BCUT2D eigenvalue weighted by molar-refractivity contribution is 7.11. The molecule has 22 heavy (non-hydrogen) atoms. The molecule has 1 N–H and O–H groups in total. The Bertz CT molecular complexity index is 683. The number of aromatic nitrogens is 1. The normalized spacial score (nSPS) is 19.5. The summed E-state index contributed by atoms with van der Waals surface area (Å²) in [5.41, 5.74) is 3.80. The van der Waals surface area contributed by atoms with E-state index in [4.69, 9.17) is 4.98 Å². The summed E-state index contributed by atoms with van der Waals surface area (Å²) in [7, 11) is 0. The highest BCUT2D eigenvalue weighted by Gasteiger charge is 2.28. The van der Waals surface area contributed by atoms with Crippen molar-refractivity contribution in [1.82, 2.24) is 10.3 Å². The monoisotopic (exact) mass is 312 g/mol. The largest absolute Gasteiger partial charge is 0.349 e. The lowest BCUT2D eigenvalue weighted by Gasteiger charge is -2.11. The molecule has 2 aliphatic rings. The van der Waals surface area contributed by atoms with Crippen molar-refractivity contribution in [2.45, 2.75) is 51.0 Å². The Labute approximate surface area is 134 Å². The van der Waals surface area contributed by atoms with Gasteiger partial charge in [-0.1, -0.05) is 24.3 Å². The number of amides is 1. The van der Waals surface area contributed by atoms with Crippen LogP contribution in [-0.4, -0.2) is 10.9 Å². The minimum atomic E-state index is 0.0192. The number of thiazole rings is 1. The van der Waals surface area contributed by atoms with E-state index in [-0.39, 0.29) is 11.8 Å². The van der Waals surface area contributed by atoms with Gasteiger partial charge in [-0.15, -0.1) is 11.3 Å². The molecular formula is C18H20N2OS. The van der Waals surface area contributed by atoms with Gasteiger partial charge in [-0.25, -0.2) is 4.98 Å². The number of rotatable bonds is 3. The van der Waals surface area contributed by atoms with Crippen molar-refractivity contribution < 1.29 is 4.79 Å². The summed E-state index contributed by atoms with van der Waals surface area (Å²) < 4.78 is 0. The van der Waals surface area contributed by atoms with Crippen molar-refractivity contribution in [3.63, 3.8) is 0 Å². The Morgan fingerprint density at radius 3 is 3.00 bits per heavy atom. The van der Waals surface area contributed by atoms with Gasteiger partial charge in [-0.2, -0.15) is 0 Å². The molecule has 2 aliphatic carbocycles. The molecule has 1 unspecified atom stereocenters. The fraction of sp³-hybridized carbons (Fsp3) is 0.444. The number of fused-ring (bicyclic) bond motifs is 2. The van der Waals surface area contributed by atoms with Crippen LogP contribution in [0.2, 0.25) is 0 Å². The van der Waals surface area contributed by atoms with Crippen LogP contribution >= 0.6 is 11.3 Å². The zero-order valence-corrected chi connectivity index (χ0v) is 13.4. The Morgan fingerprint density at radius 2 is 2.09 bits per heavy atom. The fourth-order valence-corrected chi connectivity index (χ4v) is 4.69. The first-order valence-electron chi connectivity index (χ1n) is 8.14. The van der Waals surface area contributed by atoms with E-state index in [1.807, 2.05) is 6.07 Å². The van der Waals surface area contributed by atoms with Crippen LogP contribution < -0.4 is 5.32 Å². The Hall–Kier alpha value is -1.68. The smallest absolute Gasteiger partial charge is 0.227 e. The molecule has 0 radical (unpaired) electrons. The van der Waals surface area contributed by atoms with Gasteiger partial charge in [-0.3, -0.25) is 4.79 Å². The third-order valence-corrected chi connectivity index (χ3v) is 5.91. The lowest BCUT2D eigenvalue weighted by atomic mass is 10.0. The average molecular weight is 312 g/mol. The first-order chi connectivity index (χ1) is 10.8. The highest BCUT2D eigenvalue weighted by atomic mass is 32.1. The fourth-order valence-electron chi connectivity index (χ4n) is 3.60. The predicted molar refractivity (Wildman–Crippen MR) is 88.1 cm³/mol. The summed E-state index contributed by atoms with van der Waals surface area (Å²) in [6, 6.07) is 8.31. The molecule has 0 fully saturated rings. The van der Waals surface area contributed by atoms with E-state index in [2.05, 4.69) is 23.5 Å². The van der Waals surface area contributed by atoms with Gasteiger partial charge >= 0.3 is 0 Å². The Kier molecular flexibility index (Phi) is 3.70. The average Bonchev–Trinajstić information content (AvgIpc) is 3.16. The summed E-state index contributed by atoms with van der Waals surface area (Å²) in [5.74, 6) is 0.170. The molecule has 1 amide bonds. The Balaban J connectivity index is 1.42. The number of nitrogens with zero attached hydrogens (tertiary/aromatic N) is 1. The second kappa shape index (κ2) is 5.84. The number of aryl methyl sites for hydroxylation is 3. The van der Waals surface area contributed by atoms with Crippen molar-refractivity contribution in [2.75, 3.05) is 0 Å². The number of hydrogen-bond acceptors (Lipinski definition) is 3. The highest BCUT2D eigenvalue weighted by Crippen LogP contribution is 2.33. The molecular weight excluding hydrogens is 292 g/mol. The second-order valence-corrected chi connectivity index (χ2v) is 7.36. The minimum Gasteiger partial charge on any atom is -0.349 e. The van der Waals surface area contributed by atoms with Crippen LogP contribution in [0.5, 0.6) is 0 Å². The van der Waals surface area contributed by atoms with Crippen LogP contribution in [0.4, 0.5) is 0 Å². The lowest BCUT2D eigenvalue weighted by Crippen LogP contribution is -2.27. The summed E-state index contributed by atoms with van der Waals surface area (Å²) in [6.07, 6.45) is 6.74. The van der Waals surface area contributed by atoms with Gasteiger partial charge in [0.25, 0.3) is 0 Å². The molecule has 0 spiro atoms. The lowest BCUT2D eigenvalue weighted by molar-refractivity contribution is -0.122. The van der Waals surface area contributed by atoms with Crippen LogP contribution in [0.15, 0.2) is 24.3 Å². The summed E-state index contributed by atoms with van der Waals surface area (Å²) in [5, 5.41) is 4.16. The molecule has 3 nitrogen and oxygen atoms in total. The molecule has 0 aliphatic heterocycles. The molecule has 114 valence electrons. The van der Waals surface area contributed by atoms with E-state index in [1.165, 1.54) is 34.5 Å².